The molecule has 38 heavy (non-hydrogen) atoms. The van der Waals surface area contributed by atoms with Gasteiger partial charge in [-0.05, 0) is 58.8 Å². The van der Waals surface area contributed by atoms with E-state index in [0.29, 0.717) is 5.69 Å². The summed E-state index contributed by atoms with van der Waals surface area (Å²) in [6.45, 7) is 1.95. The predicted octanol–water partition coefficient (Wildman–Crippen LogP) is 5.64. The van der Waals surface area contributed by atoms with Crippen molar-refractivity contribution in [2.45, 2.75) is 6.92 Å². The first-order chi connectivity index (χ1) is 18.5. The van der Waals surface area contributed by atoms with E-state index < -0.39 is 17.7 Å². The number of amides is 3. The van der Waals surface area contributed by atoms with Crippen LogP contribution in [0.3, 0.4) is 0 Å². The summed E-state index contributed by atoms with van der Waals surface area (Å²) < 4.78 is 0. The number of hydrazone groups is 1. The highest BCUT2D eigenvalue weighted by molar-refractivity contribution is 6.40. The molecule has 0 aliphatic rings. The molecule has 3 N–H and O–H groups in total. The number of rotatable bonds is 5. The van der Waals surface area contributed by atoms with E-state index in [1.807, 2.05) is 67.6 Å². The van der Waals surface area contributed by atoms with Gasteiger partial charge in [0.25, 0.3) is 5.91 Å². The Labute approximate surface area is 219 Å². The summed E-state index contributed by atoms with van der Waals surface area (Å²) in [5.41, 5.74) is 5.24. The zero-order valence-corrected chi connectivity index (χ0v) is 20.6. The number of anilines is 2. The highest BCUT2D eigenvalue weighted by atomic mass is 16.2. The maximum absolute atomic E-state index is 12.8. The molecule has 0 spiro atoms. The monoisotopic (exact) mass is 500 g/mol. The molecular formula is C31H24N4O3. The van der Waals surface area contributed by atoms with Crippen LogP contribution in [0.2, 0.25) is 0 Å². The SMILES string of the molecule is Cc1ccc(NC(=O)c2ccccc2NC(=O)C(=O)N/N=C/c2c3ccccc3cc3ccccc23)cc1. The fourth-order valence-electron chi connectivity index (χ4n) is 4.20. The summed E-state index contributed by atoms with van der Waals surface area (Å²) >= 11 is 0. The van der Waals surface area contributed by atoms with Gasteiger partial charge in [-0.2, -0.15) is 5.10 Å². The van der Waals surface area contributed by atoms with Crippen molar-refractivity contribution in [1.82, 2.24) is 5.43 Å². The first-order valence-corrected chi connectivity index (χ1v) is 12.0. The van der Waals surface area contributed by atoms with E-state index >= 15 is 0 Å². The molecule has 0 radical (unpaired) electrons. The lowest BCUT2D eigenvalue weighted by molar-refractivity contribution is -0.136. The molecule has 5 aromatic carbocycles. The van der Waals surface area contributed by atoms with Crippen molar-refractivity contribution in [2.24, 2.45) is 5.10 Å². The molecule has 0 aliphatic carbocycles. The Kier molecular flexibility index (Phi) is 6.91. The number of carbonyl (C=O) groups is 3. The van der Waals surface area contributed by atoms with Gasteiger partial charge in [0.1, 0.15) is 0 Å². The Bertz CT molecular complexity index is 1650. The number of carbonyl (C=O) groups excluding carboxylic acids is 3. The van der Waals surface area contributed by atoms with Gasteiger partial charge in [-0.3, -0.25) is 14.4 Å². The molecule has 3 amide bonds. The number of fused-ring (bicyclic) bond motifs is 2. The second kappa shape index (κ2) is 10.8. The molecule has 0 heterocycles. The van der Waals surface area contributed by atoms with E-state index in [9.17, 15) is 14.4 Å². The molecule has 7 nitrogen and oxygen atoms in total. The lowest BCUT2D eigenvalue weighted by Gasteiger charge is -2.11. The molecule has 0 aliphatic heterocycles. The fourth-order valence-corrected chi connectivity index (χ4v) is 4.20. The Morgan fingerprint density at radius 2 is 1.29 bits per heavy atom. The van der Waals surface area contributed by atoms with Gasteiger partial charge < -0.3 is 10.6 Å². The molecule has 0 atom stereocenters. The quantitative estimate of drug-likeness (QED) is 0.126. The fraction of sp³-hybridized carbons (Fsp3) is 0.0323. The molecule has 0 bridgehead atoms. The minimum absolute atomic E-state index is 0.210. The third kappa shape index (κ3) is 5.27. The highest BCUT2D eigenvalue weighted by Crippen LogP contribution is 2.27. The van der Waals surface area contributed by atoms with Crippen molar-refractivity contribution >= 4 is 56.9 Å². The number of benzene rings is 5. The third-order valence-corrected chi connectivity index (χ3v) is 6.11. The van der Waals surface area contributed by atoms with Gasteiger partial charge in [-0.15, -0.1) is 0 Å². The second-order valence-corrected chi connectivity index (χ2v) is 8.75. The Morgan fingerprint density at radius 1 is 0.684 bits per heavy atom. The molecule has 0 saturated heterocycles. The molecular weight excluding hydrogens is 476 g/mol. The summed E-state index contributed by atoms with van der Waals surface area (Å²) in [5, 5.41) is 13.4. The Hall–Kier alpha value is -5.30. The number of para-hydroxylation sites is 1. The van der Waals surface area contributed by atoms with Crippen LogP contribution >= 0.6 is 0 Å². The second-order valence-electron chi connectivity index (χ2n) is 8.75. The minimum atomic E-state index is -0.959. The largest absolute Gasteiger partial charge is 0.329 e. The van der Waals surface area contributed by atoms with E-state index in [1.54, 1.807) is 42.6 Å². The van der Waals surface area contributed by atoms with Crippen LogP contribution in [0.15, 0.2) is 108 Å². The lowest BCUT2D eigenvalue weighted by Crippen LogP contribution is -2.33. The average Bonchev–Trinajstić information content (AvgIpc) is 2.94. The first kappa shape index (κ1) is 24.4. The van der Waals surface area contributed by atoms with Crippen LogP contribution in [0.5, 0.6) is 0 Å². The molecule has 0 unspecified atom stereocenters. The maximum Gasteiger partial charge on any atom is 0.329 e. The standard InChI is InChI=1S/C31H24N4O3/c1-20-14-16-23(17-15-20)33-29(36)26-12-6-7-13-28(26)34-30(37)31(38)35-32-19-27-24-10-4-2-8-21(24)18-22-9-3-5-11-25(22)27/h2-19H,1H3,(H,33,36)(H,34,37)(H,35,38)/b32-19+. The van der Waals surface area contributed by atoms with Crippen molar-refractivity contribution in [3.63, 3.8) is 0 Å². The van der Waals surface area contributed by atoms with Crippen molar-refractivity contribution < 1.29 is 14.4 Å². The molecule has 0 aromatic heterocycles. The molecule has 0 fully saturated rings. The van der Waals surface area contributed by atoms with Crippen LogP contribution < -0.4 is 16.1 Å². The molecule has 186 valence electrons. The van der Waals surface area contributed by atoms with Crippen LogP contribution in [-0.4, -0.2) is 23.9 Å². The van der Waals surface area contributed by atoms with Crippen molar-refractivity contribution in [2.75, 3.05) is 10.6 Å². The van der Waals surface area contributed by atoms with E-state index in [-0.39, 0.29) is 11.3 Å². The summed E-state index contributed by atoms with van der Waals surface area (Å²) in [6.07, 6.45) is 1.54. The predicted molar refractivity (Wildman–Crippen MR) is 151 cm³/mol. The number of hydrogen-bond acceptors (Lipinski definition) is 4. The van der Waals surface area contributed by atoms with Crippen LogP contribution in [0.4, 0.5) is 11.4 Å². The minimum Gasteiger partial charge on any atom is -0.322 e. The zero-order chi connectivity index (χ0) is 26.5. The molecule has 0 saturated carbocycles. The van der Waals surface area contributed by atoms with Gasteiger partial charge in [0.2, 0.25) is 0 Å². The molecule has 7 heteroatoms. The van der Waals surface area contributed by atoms with E-state index in [2.05, 4.69) is 27.2 Å². The molecule has 5 aromatic rings. The number of nitrogens with one attached hydrogen (secondary N) is 3. The van der Waals surface area contributed by atoms with Crippen LogP contribution in [0, 0.1) is 6.92 Å². The zero-order valence-electron chi connectivity index (χ0n) is 20.6. The van der Waals surface area contributed by atoms with Gasteiger partial charge in [0.15, 0.2) is 0 Å². The first-order valence-electron chi connectivity index (χ1n) is 12.0. The van der Waals surface area contributed by atoms with Gasteiger partial charge >= 0.3 is 11.8 Å². The van der Waals surface area contributed by atoms with E-state index in [0.717, 1.165) is 32.7 Å². The number of hydrogen-bond donors (Lipinski definition) is 3. The highest BCUT2D eigenvalue weighted by Gasteiger charge is 2.18. The number of aryl methyl sites for hydroxylation is 1. The Balaban J connectivity index is 1.30. The number of nitrogens with zero attached hydrogens (tertiary/aromatic N) is 1. The van der Waals surface area contributed by atoms with Crippen LogP contribution in [0.1, 0.15) is 21.5 Å². The summed E-state index contributed by atoms with van der Waals surface area (Å²) in [4.78, 5) is 38.0. The van der Waals surface area contributed by atoms with Crippen molar-refractivity contribution in [3.8, 4) is 0 Å². The smallest absolute Gasteiger partial charge is 0.322 e. The van der Waals surface area contributed by atoms with Crippen molar-refractivity contribution in [1.29, 1.82) is 0 Å². The topological polar surface area (TPSA) is 99.7 Å². The molecule has 5 rings (SSSR count). The van der Waals surface area contributed by atoms with Crippen molar-refractivity contribution in [3.05, 3.63) is 120 Å². The summed E-state index contributed by atoms with van der Waals surface area (Å²) in [5.74, 6) is -2.31. The normalized spacial score (nSPS) is 11.0. The third-order valence-electron chi connectivity index (χ3n) is 6.11. The van der Waals surface area contributed by atoms with Crippen LogP contribution in [-0.2, 0) is 9.59 Å². The van der Waals surface area contributed by atoms with Gasteiger partial charge in [-0.1, -0.05) is 78.4 Å². The van der Waals surface area contributed by atoms with Gasteiger partial charge in [0, 0.05) is 11.3 Å². The summed E-state index contributed by atoms with van der Waals surface area (Å²) in [7, 11) is 0. The van der Waals surface area contributed by atoms with Crippen LogP contribution in [0.25, 0.3) is 21.5 Å². The summed E-state index contributed by atoms with van der Waals surface area (Å²) in [6, 6.07) is 31.7. The lowest BCUT2D eigenvalue weighted by atomic mass is 9.97. The van der Waals surface area contributed by atoms with E-state index in [1.165, 1.54) is 0 Å². The van der Waals surface area contributed by atoms with Gasteiger partial charge in [0.05, 0.1) is 17.5 Å². The van der Waals surface area contributed by atoms with E-state index in [4.69, 9.17) is 0 Å². The average molecular weight is 501 g/mol. The maximum atomic E-state index is 12.8. The van der Waals surface area contributed by atoms with Gasteiger partial charge in [-0.25, -0.2) is 5.43 Å². The Morgan fingerprint density at radius 3 is 1.97 bits per heavy atom.